The normalized spacial score (nSPS) is 10.9. The van der Waals surface area contributed by atoms with Gasteiger partial charge in [0.15, 0.2) is 5.58 Å². The number of hydrogen-bond donors (Lipinski definition) is 2. The highest BCUT2D eigenvalue weighted by atomic mass is 32.2. The first kappa shape index (κ1) is 13.8. The predicted molar refractivity (Wildman–Crippen MR) is 84.0 cm³/mol. The van der Waals surface area contributed by atoms with Crippen LogP contribution < -0.4 is 10.5 Å². The number of hydrogen-bond acceptors (Lipinski definition) is 6. The Labute approximate surface area is 125 Å². The lowest BCUT2D eigenvalue weighted by Gasteiger charge is -2.03. The summed E-state index contributed by atoms with van der Waals surface area (Å²) in [6.07, 6.45) is 0. The average molecular weight is 302 g/mol. The molecule has 0 unspecified atom stereocenters. The van der Waals surface area contributed by atoms with Crippen LogP contribution in [0.2, 0.25) is 0 Å². The first-order valence-corrected chi connectivity index (χ1v) is 7.49. The molecule has 3 N–H and O–H groups in total. The molecule has 0 aliphatic heterocycles. The number of ether oxygens (including phenoxy) is 1. The molecule has 108 valence electrons. The van der Waals surface area contributed by atoms with Gasteiger partial charge in [0.25, 0.3) is 0 Å². The Morgan fingerprint density at radius 2 is 2.00 bits per heavy atom. The van der Waals surface area contributed by atoms with Crippen LogP contribution in [-0.4, -0.2) is 22.0 Å². The van der Waals surface area contributed by atoms with Crippen molar-refractivity contribution in [2.75, 3.05) is 17.6 Å². The summed E-state index contributed by atoms with van der Waals surface area (Å²) in [5.41, 5.74) is 8.67. The minimum atomic E-state index is 0.0352. The van der Waals surface area contributed by atoms with Crippen molar-refractivity contribution in [3.8, 4) is 17.2 Å². The molecule has 0 spiro atoms. The second-order valence-electron chi connectivity index (χ2n) is 4.37. The molecule has 1 heterocycles. The molecule has 0 atom stereocenters. The number of nitrogen functional groups attached to an aromatic ring is 1. The van der Waals surface area contributed by atoms with Gasteiger partial charge in [-0.2, -0.15) is 0 Å². The van der Waals surface area contributed by atoms with E-state index in [1.54, 1.807) is 0 Å². The van der Waals surface area contributed by atoms with Crippen LogP contribution in [0.4, 0.5) is 5.69 Å². The van der Waals surface area contributed by atoms with Gasteiger partial charge in [-0.25, -0.2) is 4.98 Å². The molecule has 0 amide bonds. The quantitative estimate of drug-likeness (QED) is 0.428. The molecule has 6 heteroatoms. The van der Waals surface area contributed by atoms with Crippen LogP contribution in [0.1, 0.15) is 0 Å². The maximum absolute atomic E-state index is 8.71. The lowest BCUT2D eigenvalue weighted by Crippen LogP contribution is -1.93. The summed E-state index contributed by atoms with van der Waals surface area (Å²) in [7, 11) is 0. The van der Waals surface area contributed by atoms with Crippen molar-refractivity contribution in [2.45, 2.75) is 0 Å². The highest BCUT2D eigenvalue weighted by Crippen LogP contribution is 2.27. The molecule has 0 bridgehead atoms. The Balaban J connectivity index is 1.87. The molecule has 5 nitrogen and oxygen atoms in total. The fourth-order valence-corrected chi connectivity index (χ4v) is 2.19. The summed E-state index contributed by atoms with van der Waals surface area (Å²) in [5, 5.41) is 8.71. The van der Waals surface area contributed by atoms with Crippen LogP contribution in [0.15, 0.2) is 46.9 Å². The number of anilines is 1. The van der Waals surface area contributed by atoms with Crippen LogP contribution >= 0.6 is 11.8 Å². The van der Waals surface area contributed by atoms with Gasteiger partial charge in [-0.1, -0.05) is 11.8 Å². The van der Waals surface area contributed by atoms with Gasteiger partial charge < -0.3 is 20.0 Å². The second-order valence-corrected chi connectivity index (χ2v) is 5.27. The van der Waals surface area contributed by atoms with Crippen LogP contribution in [0, 0.1) is 0 Å². The molecule has 0 saturated carbocycles. The number of fused-ring (bicyclic) bond motifs is 1. The molecule has 0 radical (unpaired) electrons. The molecule has 3 rings (SSSR count). The van der Waals surface area contributed by atoms with Crippen LogP contribution in [-0.2, 0) is 0 Å². The zero-order chi connectivity index (χ0) is 14.7. The highest BCUT2D eigenvalue weighted by Gasteiger charge is 2.09. The van der Waals surface area contributed by atoms with Crippen molar-refractivity contribution in [3.63, 3.8) is 0 Å². The van der Waals surface area contributed by atoms with E-state index in [1.165, 1.54) is 11.8 Å². The molecule has 0 saturated heterocycles. The van der Waals surface area contributed by atoms with Crippen molar-refractivity contribution >= 4 is 28.5 Å². The topological polar surface area (TPSA) is 81.5 Å². The van der Waals surface area contributed by atoms with E-state index in [9.17, 15) is 0 Å². The minimum absolute atomic E-state index is 0.0352. The van der Waals surface area contributed by atoms with Crippen LogP contribution in [0.25, 0.3) is 22.6 Å². The van der Waals surface area contributed by atoms with Gasteiger partial charge in [0.1, 0.15) is 17.2 Å². The standard InChI is InChI=1S/C15H14N2O3S/c16-11-3-1-10(2-4-11)15-17-13-7-12(19-9-21-8-18)5-6-14(13)20-15/h1-7,18H,8-9,16H2. The maximum Gasteiger partial charge on any atom is 0.227 e. The van der Waals surface area contributed by atoms with Crippen molar-refractivity contribution in [1.29, 1.82) is 0 Å². The van der Waals surface area contributed by atoms with Gasteiger partial charge in [0.2, 0.25) is 5.89 Å². The third-order valence-electron chi connectivity index (χ3n) is 2.92. The summed E-state index contributed by atoms with van der Waals surface area (Å²) in [6, 6.07) is 12.8. The van der Waals surface area contributed by atoms with E-state index in [-0.39, 0.29) is 5.94 Å². The Morgan fingerprint density at radius 1 is 1.19 bits per heavy atom. The summed E-state index contributed by atoms with van der Waals surface area (Å²) in [4.78, 5) is 4.46. The number of nitrogens with zero attached hydrogens (tertiary/aromatic N) is 1. The van der Waals surface area contributed by atoms with Crippen molar-refractivity contribution in [2.24, 2.45) is 0 Å². The monoisotopic (exact) mass is 302 g/mol. The largest absolute Gasteiger partial charge is 0.483 e. The van der Waals surface area contributed by atoms with Crippen molar-refractivity contribution in [1.82, 2.24) is 4.98 Å². The van der Waals surface area contributed by atoms with E-state index in [4.69, 9.17) is 20.0 Å². The highest BCUT2D eigenvalue weighted by molar-refractivity contribution is 7.98. The van der Waals surface area contributed by atoms with E-state index < -0.39 is 0 Å². The zero-order valence-electron chi connectivity index (χ0n) is 11.2. The first-order chi connectivity index (χ1) is 10.3. The van der Waals surface area contributed by atoms with E-state index in [0.717, 1.165) is 11.1 Å². The molecule has 0 fully saturated rings. The molecule has 1 aromatic heterocycles. The van der Waals surface area contributed by atoms with Gasteiger partial charge >= 0.3 is 0 Å². The summed E-state index contributed by atoms with van der Waals surface area (Å²) in [5.74, 6) is 1.67. The van der Waals surface area contributed by atoms with Gasteiger partial charge in [0.05, 0.1) is 5.94 Å². The molecule has 2 aromatic carbocycles. The Morgan fingerprint density at radius 3 is 2.76 bits per heavy atom. The predicted octanol–water partition coefficient (Wildman–Crippen LogP) is 3.10. The van der Waals surface area contributed by atoms with E-state index >= 15 is 0 Å². The van der Waals surface area contributed by atoms with Crippen molar-refractivity contribution in [3.05, 3.63) is 42.5 Å². The SMILES string of the molecule is Nc1ccc(-c2nc3cc(OCSCO)ccc3o2)cc1. The molecule has 0 aliphatic rings. The van der Waals surface area contributed by atoms with Gasteiger partial charge in [-0.15, -0.1) is 0 Å². The van der Waals surface area contributed by atoms with Gasteiger partial charge in [0, 0.05) is 17.3 Å². The first-order valence-electron chi connectivity index (χ1n) is 6.34. The molecule has 3 aromatic rings. The van der Waals surface area contributed by atoms with Gasteiger partial charge in [-0.3, -0.25) is 0 Å². The summed E-state index contributed by atoms with van der Waals surface area (Å²) < 4.78 is 11.2. The number of thioether (sulfide) groups is 1. The van der Waals surface area contributed by atoms with E-state index in [0.29, 0.717) is 28.8 Å². The molecule has 21 heavy (non-hydrogen) atoms. The van der Waals surface area contributed by atoms with E-state index in [2.05, 4.69) is 4.98 Å². The molecule has 0 aliphatic carbocycles. The fourth-order valence-electron chi connectivity index (χ4n) is 1.89. The third kappa shape index (κ3) is 3.12. The van der Waals surface area contributed by atoms with Crippen LogP contribution in [0.3, 0.4) is 0 Å². The number of nitrogens with two attached hydrogens (primary N) is 1. The maximum atomic E-state index is 8.71. The molecular weight excluding hydrogens is 288 g/mol. The Kier molecular flexibility index (Phi) is 3.98. The summed E-state index contributed by atoms with van der Waals surface area (Å²) in [6.45, 7) is 0. The van der Waals surface area contributed by atoms with E-state index in [1.807, 2.05) is 42.5 Å². The minimum Gasteiger partial charge on any atom is -0.483 e. The van der Waals surface area contributed by atoms with Crippen molar-refractivity contribution < 1.29 is 14.3 Å². The molecular formula is C15H14N2O3S. The van der Waals surface area contributed by atoms with Crippen LogP contribution in [0.5, 0.6) is 5.75 Å². The smallest absolute Gasteiger partial charge is 0.227 e. The van der Waals surface area contributed by atoms with Gasteiger partial charge in [-0.05, 0) is 36.4 Å². The Hall–Kier alpha value is -2.18. The summed E-state index contributed by atoms with van der Waals surface area (Å²) >= 11 is 1.29. The number of aromatic nitrogens is 1. The number of aliphatic hydroxyl groups is 1. The number of aliphatic hydroxyl groups excluding tert-OH is 1. The average Bonchev–Trinajstić information content (AvgIpc) is 2.91. The number of benzene rings is 2. The lowest BCUT2D eigenvalue weighted by molar-refractivity contribution is 0.361. The zero-order valence-corrected chi connectivity index (χ0v) is 12.0. The fraction of sp³-hybridized carbons (Fsp3) is 0.133. The number of rotatable bonds is 5. The third-order valence-corrected chi connectivity index (χ3v) is 3.38. The Bertz CT molecular complexity index is 740. The second kappa shape index (κ2) is 6.07. The lowest BCUT2D eigenvalue weighted by atomic mass is 10.2. The number of oxazole rings is 1.